The molecule has 0 radical (unpaired) electrons. The summed E-state index contributed by atoms with van der Waals surface area (Å²) < 4.78 is 0. The van der Waals surface area contributed by atoms with Crippen molar-refractivity contribution in [1.29, 1.82) is 0 Å². The fraction of sp³-hybridized carbons (Fsp3) is 0.100. The number of aromatic nitrogens is 1. The monoisotopic (exact) mass is 296 g/mol. The molecular weight excluding hydrogens is 287 g/mol. The Morgan fingerprint density at radius 2 is 2.06 bits per heavy atom. The summed E-state index contributed by atoms with van der Waals surface area (Å²) in [7, 11) is 0. The van der Waals surface area contributed by atoms with Crippen molar-refractivity contribution in [3.05, 3.63) is 39.7 Å². The zero-order valence-electron chi connectivity index (χ0n) is 8.22. The van der Waals surface area contributed by atoms with Crippen LogP contribution in [-0.4, -0.2) is 4.98 Å². The highest BCUT2D eigenvalue weighted by molar-refractivity contribution is 7.09. The molecule has 1 heterocycles. The molecule has 0 aliphatic carbocycles. The zero-order valence-corrected chi connectivity index (χ0v) is 11.4. The van der Waals surface area contributed by atoms with Crippen molar-refractivity contribution < 1.29 is 0 Å². The highest BCUT2D eigenvalue weighted by Crippen LogP contribution is 2.23. The topological polar surface area (TPSA) is 38.9 Å². The first-order chi connectivity index (χ1) is 6.79. The minimum Gasteiger partial charge on any atom is -0.325 e. The van der Waals surface area contributed by atoms with Gasteiger partial charge < -0.3 is 5.73 Å². The molecule has 0 fully saturated rings. The van der Waals surface area contributed by atoms with Crippen molar-refractivity contribution in [2.75, 3.05) is 0 Å². The molecule has 2 N–H and O–H groups in total. The normalized spacial score (nSPS) is 9.12. The molecule has 0 saturated carbocycles. The quantitative estimate of drug-likeness (QED) is 0.916. The maximum Gasteiger partial charge on any atom is 0.107 e. The number of nitrogens with zero attached hydrogens (tertiary/aromatic N) is 1. The van der Waals surface area contributed by atoms with Crippen molar-refractivity contribution in [3.8, 4) is 11.3 Å². The lowest BCUT2D eigenvalue weighted by Gasteiger charge is -1.96. The van der Waals surface area contributed by atoms with Crippen LogP contribution in [0.2, 0.25) is 5.02 Å². The van der Waals surface area contributed by atoms with Gasteiger partial charge in [-0.05, 0) is 12.1 Å². The molecule has 2 nitrogen and oxygen atoms in total. The fourth-order valence-corrected chi connectivity index (χ4v) is 2.06. The number of rotatable bonds is 2. The van der Waals surface area contributed by atoms with E-state index < -0.39 is 0 Å². The molecule has 0 aliphatic heterocycles. The molecule has 6 heteroatoms. The van der Waals surface area contributed by atoms with Gasteiger partial charge in [0.15, 0.2) is 0 Å². The third kappa shape index (κ3) is 3.61. The molecule has 0 atom stereocenters. The minimum absolute atomic E-state index is 0. The summed E-state index contributed by atoms with van der Waals surface area (Å²) in [5, 5.41) is 3.66. The molecule has 0 amide bonds. The van der Waals surface area contributed by atoms with E-state index in [4.69, 9.17) is 17.3 Å². The van der Waals surface area contributed by atoms with Gasteiger partial charge >= 0.3 is 0 Å². The molecule has 0 unspecified atom stereocenters. The second-order valence-electron chi connectivity index (χ2n) is 2.84. The van der Waals surface area contributed by atoms with Crippen molar-refractivity contribution in [1.82, 2.24) is 4.98 Å². The predicted molar refractivity (Wildman–Crippen MR) is 74.9 cm³/mol. The molecular formula is C10H11Cl3N2S. The van der Waals surface area contributed by atoms with Crippen LogP contribution in [0, 0.1) is 0 Å². The Balaban J connectivity index is 0.00000112. The van der Waals surface area contributed by atoms with Gasteiger partial charge in [-0.1, -0.05) is 23.7 Å². The minimum atomic E-state index is 0. The molecule has 0 spiro atoms. The van der Waals surface area contributed by atoms with Crippen LogP contribution < -0.4 is 5.73 Å². The highest BCUT2D eigenvalue weighted by atomic mass is 35.5. The predicted octanol–water partition coefficient (Wildman–Crippen LogP) is 3.77. The Morgan fingerprint density at radius 1 is 1.31 bits per heavy atom. The third-order valence-corrected chi connectivity index (χ3v) is 2.95. The van der Waals surface area contributed by atoms with Crippen molar-refractivity contribution in [3.63, 3.8) is 0 Å². The first kappa shape index (κ1) is 15.7. The maximum atomic E-state index is 5.89. The lowest BCUT2D eigenvalue weighted by Crippen LogP contribution is -1.94. The van der Waals surface area contributed by atoms with E-state index >= 15 is 0 Å². The van der Waals surface area contributed by atoms with Crippen molar-refractivity contribution >= 4 is 47.8 Å². The van der Waals surface area contributed by atoms with E-state index in [1.165, 1.54) is 0 Å². The van der Waals surface area contributed by atoms with Gasteiger partial charge in [0.2, 0.25) is 0 Å². The van der Waals surface area contributed by atoms with Gasteiger partial charge in [-0.15, -0.1) is 36.2 Å². The van der Waals surface area contributed by atoms with Gasteiger partial charge in [-0.3, -0.25) is 0 Å². The second kappa shape index (κ2) is 7.09. The summed E-state index contributed by atoms with van der Waals surface area (Å²) in [6.07, 6.45) is 0. The Labute approximate surface area is 116 Å². The van der Waals surface area contributed by atoms with Crippen LogP contribution >= 0.6 is 47.8 Å². The molecule has 88 valence electrons. The Bertz CT molecular complexity index is 445. The van der Waals surface area contributed by atoms with Crippen LogP contribution in [0.4, 0.5) is 0 Å². The number of hydrogen-bond donors (Lipinski definition) is 1. The lowest BCUT2D eigenvalue weighted by molar-refractivity contribution is 1.04. The highest BCUT2D eigenvalue weighted by Gasteiger charge is 2.03. The van der Waals surface area contributed by atoms with E-state index in [1.807, 2.05) is 29.6 Å². The summed E-state index contributed by atoms with van der Waals surface area (Å²) in [5.74, 6) is 0. The standard InChI is InChI=1S/C10H9ClN2S.2ClH/c11-8-3-1-2-7(4-8)9-6-14-10(5-12)13-9;;/h1-4,6H,5,12H2;2*1H. The van der Waals surface area contributed by atoms with E-state index in [2.05, 4.69) is 4.98 Å². The first-order valence-electron chi connectivity index (χ1n) is 4.20. The number of hydrogen-bond acceptors (Lipinski definition) is 3. The average molecular weight is 298 g/mol. The van der Waals surface area contributed by atoms with Gasteiger partial charge in [0.05, 0.1) is 5.69 Å². The van der Waals surface area contributed by atoms with Crippen LogP contribution in [0.5, 0.6) is 0 Å². The summed E-state index contributed by atoms with van der Waals surface area (Å²) in [4.78, 5) is 4.37. The Hall–Kier alpha value is -0.320. The Morgan fingerprint density at radius 3 is 2.62 bits per heavy atom. The van der Waals surface area contributed by atoms with Crippen LogP contribution in [0.15, 0.2) is 29.6 Å². The summed E-state index contributed by atoms with van der Waals surface area (Å²) in [6, 6.07) is 7.65. The number of nitrogens with two attached hydrogens (primary N) is 1. The lowest BCUT2D eigenvalue weighted by atomic mass is 10.2. The molecule has 0 bridgehead atoms. The van der Waals surface area contributed by atoms with Crippen LogP contribution in [0.1, 0.15) is 5.01 Å². The van der Waals surface area contributed by atoms with E-state index in [9.17, 15) is 0 Å². The van der Waals surface area contributed by atoms with Crippen LogP contribution in [0.25, 0.3) is 11.3 Å². The van der Waals surface area contributed by atoms with E-state index in [-0.39, 0.29) is 24.8 Å². The third-order valence-electron chi connectivity index (χ3n) is 1.85. The molecule has 1 aromatic carbocycles. The van der Waals surface area contributed by atoms with Crippen molar-refractivity contribution in [2.45, 2.75) is 6.54 Å². The molecule has 1 aromatic heterocycles. The number of halogens is 3. The van der Waals surface area contributed by atoms with Crippen molar-refractivity contribution in [2.24, 2.45) is 5.73 Å². The largest absolute Gasteiger partial charge is 0.325 e. The van der Waals surface area contributed by atoms with E-state index in [0.29, 0.717) is 6.54 Å². The molecule has 0 saturated heterocycles. The van der Waals surface area contributed by atoms with Gasteiger partial charge in [0.1, 0.15) is 5.01 Å². The average Bonchev–Trinajstić information content (AvgIpc) is 2.66. The first-order valence-corrected chi connectivity index (χ1v) is 5.46. The molecule has 2 rings (SSSR count). The summed E-state index contributed by atoms with van der Waals surface area (Å²) >= 11 is 7.46. The van der Waals surface area contributed by atoms with Gasteiger partial charge in [0.25, 0.3) is 0 Å². The Kier molecular flexibility index (Phi) is 6.95. The SMILES string of the molecule is Cl.Cl.NCc1nc(-c2cccc(Cl)c2)cs1. The smallest absolute Gasteiger partial charge is 0.107 e. The maximum absolute atomic E-state index is 5.89. The summed E-state index contributed by atoms with van der Waals surface area (Å²) in [5.41, 5.74) is 7.47. The van der Waals surface area contributed by atoms with Gasteiger partial charge in [0, 0.05) is 22.5 Å². The van der Waals surface area contributed by atoms with E-state index in [0.717, 1.165) is 21.3 Å². The van der Waals surface area contributed by atoms with Crippen LogP contribution in [0.3, 0.4) is 0 Å². The van der Waals surface area contributed by atoms with Crippen LogP contribution in [-0.2, 0) is 6.54 Å². The van der Waals surface area contributed by atoms with Gasteiger partial charge in [-0.25, -0.2) is 4.98 Å². The van der Waals surface area contributed by atoms with E-state index in [1.54, 1.807) is 11.3 Å². The number of thiazole rings is 1. The summed E-state index contributed by atoms with van der Waals surface area (Å²) in [6.45, 7) is 0.491. The molecule has 2 aromatic rings. The number of benzene rings is 1. The fourth-order valence-electron chi connectivity index (χ4n) is 1.19. The van der Waals surface area contributed by atoms with Gasteiger partial charge in [-0.2, -0.15) is 0 Å². The molecule has 0 aliphatic rings. The second-order valence-corrected chi connectivity index (χ2v) is 4.22. The zero-order chi connectivity index (χ0) is 9.97. The molecule has 16 heavy (non-hydrogen) atoms.